The second-order valence-electron chi connectivity index (χ2n) is 11.6. The number of imidazole rings is 1. The van der Waals surface area contributed by atoms with Crippen LogP contribution in [0.4, 0.5) is 0 Å². The molecule has 5 nitrogen and oxygen atoms in total. The number of unbranched alkanes of at least 4 members (excludes halogenated alkanes) is 1. The summed E-state index contributed by atoms with van der Waals surface area (Å²) in [5.74, 6) is 1.72. The molecule has 0 spiro atoms. The molecule has 216 valence electrons. The molecule has 0 bridgehead atoms. The molecule has 41 heavy (non-hydrogen) atoms. The van der Waals surface area contributed by atoms with E-state index in [1.165, 1.54) is 37.8 Å². The zero-order valence-corrected chi connectivity index (χ0v) is 24.5. The van der Waals surface area contributed by atoms with Gasteiger partial charge >= 0.3 is 0 Å². The van der Waals surface area contributed by atoms with Gasteiger partial charge in [0.2, 0.25) is 0 Å². The van der Waals surface area contributed by atoms with E-state index in [0.717, 1.165) is 78.4 Å². The Balaban J connectivity index is 1.58. The lowest BCUT2D eigenvalue weighted by Crippen LogP contribution is -2.31. The standard InChI is InChI=1S/C36H45N3O2/c1-2-3-21-39-34(35(30-15-9-5-10-16-30)37-36(39)31-17-11-6-12-18-31)25-38(23-28-13-7-4-8-14-28)24-32-20-19-29(26-40)22-33(32)27-41/h5-6,9-12,15-20,22,28,40-41H,2-4,7-8,13-14,21,23-27H2,1H3. The summed E-state index contributed by atoms with van der Waals surface area (Å²) < 4.78 is 2.47. The van der Waals surface area contributed by atoms with Crippen molar-refractivity contribution in [3.8, 4) is 22.6 Å². The molecule has 1 saturated carbocycles. The highest BCUT2D eigenvalue weighted by Gasteiger charge is 2.24. The quantitative estimate of drug-likeness (QED) is 0.180. The van der Waals surface area contributed by atoms with Crippen LogP contribution in [0.3, 0.4) is 0 Å². The fourth-order valence-corrected chi connectivity index (χ4v) is 6.29. The van der Waals surface area contributed by atoms with E-state index in [0.29, 0.717) is 5.92 Å². The molecule has 0 amide bonds. The minimum Gasteiger partial charge on any atom is -0.392 e. The van der Waals surface area contributed by atoms with Gasteiger partial charge in [-0.05, 0) is 41.9 Å². The Kier molecular flexibility index (Phi) is 10.4. The van der Waals surface area contributed by atoms with Crippen LogP contribution >= 0.6 is 0 Å². The molecule has 1 heterocycles. The second kappa shape index (κ2) is 14.6. The highest BCUT2D eigenvalue weighted by molar-refractivity contribution is 5.68. The molecule has 3 aromatic carbocycles. The van der Waals surface area contributed by atoms with Crippen molar-refractivity contribution in [1.82, 2.24) is 14.5 Å². The maximum atomic E-state index is 10.2. The summed E-state index contributed by atoms with van der Waals surface area (Å²) in [6.07, 6.45) is 8.75. The lowest BCUT2D eigenvalue weighted by molar-refractivity contribution is 0.181. The van der Waals surface area contributed by atoms with Gasteiger partial charge in [0.25, 0.3) is 0 Å². The molecule has 1 aliphatic carbocycles. The molecule has 1 fully saturated rings. The van der Waals surface area contributed by atoms with Gasteiger partial charge in [-0.2, -0.15) is 0 Å². The molecule has 1 aliphatic rings. The third kappa shape index (κ3) is 7.34. The van der Waals surface area contributed by atoms with Crippen LogP contribution in [0.15, 0.2) is 78.9 Å². The molecule has 0 unspecified atom stereocenters. The van der Waals surface area contributed by atoms with Crippen LogP contribution < -0.4 is 0 Å². The van der Waals surface area contributed by atoms with E-state index in [9.17, 15) is 10.2 Å². The minimum absolute atomic E-state index is 0.0155. The summed E-state index contributed by atoms with van der Waals surface area (Å²) in [5.41, 5.74) is 7.49. The van der Waals surface area contributed by atoms with Crippen LogP contribution in [-0.2, 0) is 32.8 Å². The molecule has 0 radical (unpaired) electrons. The van der Waals surface area contributed by atoms with Crippen molar-refractivity contribution < 1.29 is 10.2 Å². The van der Waals surface area contributed by atoms with E-state index in [1.54, 1.807) is 0 Å². The fourth-order valence-electron chi connectivity index (χ4n) is 6.29. The third-order valence-corrected chi connectivity index (χ3v) is 8.52. The average molecular weight is 552 g/mol. The SMILES string of the molecule is CCCCn1c(-c2ccccc2)nc(-c2ccccc2)c1CN(Cc1ccc(CO)cc1CO)CC1CCCCC1. The van der Waals surface area contributed by atoms with Gasteiger partial charge in [-0.25, -0.2) is 4.98 Å². The summed E-state index contributed by atoms with van der Waals surface area (Å²) in [6.45, 7) is 5.71. The van der Waals surface area contributed by atoms with Gasteiger partial charge in [0.1, 0.15) is 5.82 Å². The maximum Gasteiger partial charge on any atom is 0.140 e. The number of benzene rings is 3. The lowest BCUT2D eigenvalue weighted by Gasteiger charge is -2.31. The molecule has 1 aromatic heterocycles. The number of hydrogen-bond acceptors (Lipinski definition) is 4. The summed E-state index contributed by atoms with van der Waals surface area (Å²) in [7, 11) is 0. The van der Waals surface area contributed by atoms with Crippen LogP contribution in [0.2, 0.25) is 0 Å². The van der Waals surface area contributed by atoms with Crippen molar-refractivity contribution in [2.45, 2.75) is 84.7 Å². The predicted molar refractivity (Wildman–Crippen MR) is 167 cm³/mol. The van der Waals surface area contributed by atoms with Crippen molar-refractivity contribution in [3.05, 3.63) is 101 Å². The van der Waals surface area contributed by atoms with Crippen LogP contribution in [-0.4, -0.2) is 31.2 Å². The Morgan fingerprint density at radius 2 is 1.51 bits per heavy atom. The van der Waals surface area contributed by atoms with Crippen molar-refractivity contribution in [2.24, 2.45) is 5.92 Å². The molecule has 4 aromatic rings. The van der Waals surface area contributed by atoms with Gasteiger partial charge in [-0.3, -0.25) is 4.90 Å². The first-order chi connectivity index (χ1) is 20.2. The zero-order chi connectivity index (χ0) is 28.4. The van der Waals surface area contributed by atoms with Crippen molar-refractivity contribution in [2.75, 3.05) is 6.54 Å². The first kappa shape index (κ1) is 29.2. The minimum atomic E-state index is -0.0255. The number of aliphatic hydroxyl groups is 2. The number of hydrogen-bond donors (Lipinski definition) is 2. The fraction of sp³-hybridized carbons (Fsp3) is 0.417. The summed E-state index contributed by atoms with van der Waals surface area (Å²) in [6, 6.07) is 27.2. The zero-order valence-electron chi connectivity index (χ0n) is 24.5. The number of aromatic nitrogens is 2. The van der Waals surface area contributed by atoms with Crippen LogP contribution in [0.5, 0.6) is 0 Å². The molecule has 0 aliphatic heterocycles. The third-order valence-electron chi connectivity index (χ3n) is 8.52. The molecular weight excluding hydrogens is 506 g/mol. The number of nitrogens with zero attached hydrogens (tertiary/aromatic N) is 3. The summed E-state index contributed by atoms with van der Waals surface area (Å²) in [4.78, 5) is 7.92. The van der Waals surface area contributed by atoms with E-state index in [2.05, 4.69) is 83.1 Å². The average Bonchev–Trinajstić information content (AvgIpc) is 3.39. The number of aliphatic hydroxyl groups excluding tert-OH is 2. The molecule has 0 saturated heterocycles. The van der Waals surface area contributed by atoms with E-state index >= 15 is 0 Å². The highest BCUT2D eigenvalue weighted by atomic mass is 16.3. The summed E-state index contributed by atoms with van der Waals surface area (Å²) >= 11 is 0. The van der Waals surface area contributed by atoms with Gasteiger partial charge in [0.05, 0.1) is 24.6 Å². The monoisotopic (exact) mass is 551 g/mol. The maximum absolute atomic E-state index is 10.2. The first-order valence-corrected chi connectivity index (χ1v) is 15.4. The van der Waals surface area contributed by atoms with Gasteiger partial charge in [-0.15, -0.1) is 0 Å². The molecular formula is C36H45N3O2. The van der Waals surface area contributed by atoms with Gasteiger partial charge in [-0.1, -0.05) is 111 Å². The van der Waals surface area contributed by atoms with Crippen molar-refractivity contribution >= 4 is 0 Å². The molecule has 0 atom stereocenters. The van der Waals surface area contributed by atoms with Gasteiger partial charge < -0.3 is 14.8 Å². The first-order valence-electron chi connectivity index (χ1n) is 15.4. The smallest absolute Gasteiger partial charge is 0.140 e. The van der Waals surface area contributed by atoms with Crippen LogP contribution in [0.25, 0.3) is 22.6 Å². The van der Waals surface area contributed by atoms with Crippen LogP contribution in [0.1, 0.15) is 74.3 Å². The molecule has 5 heteroatoms. The molecule has 2 N–H and O–H groups in total. The Bertz CT molecular complexity index is 1360. The lowest BCUT2D eigenvalue weighted by atomic mass is 9.88. The Labute approximate surface area is 245 Å². The number of rotatable bonds is 13. The Morgan fingerprint density at radius 3 is 2.17 bits per heavy atom. The van der Waals surface area contributed by atoms with Crippen molar-refractivity contribution in [3.63, 3.8) is 0 Å². The van der Waals surface area contributed by atoms with E-state index in [1.807, 2.05) is 12.1 Å². The van der Waals surface area contributed by atoms with E-state index < -0.39 is 0 Å². The summed E-state index contributed by atoms with van der Waals surface area (Å²) in [5, 5.41) is 19.9. The Morgan fingerprint density at radius 1 is 0.805 bits per heavy atom. The van der Waals surface area contributed by atoms with E-state index in [-0.39, 0.29) is 13.2 Å². The van der Waals surface area contributed by atoms with Crippen LogP contribution in [0, 0.1) is 5.92 Å². The van der Waals surface area contributed by atoms with Gasteiger partial charge in [0, 0.05) is 37.3 Å². The second-order valence-corrected chi connectivity index (χ2v) is 11.6. The predicted octanol–water partition coefficient (Wildman–Crippen LogP) is 7.58. The molecule has 5 rings (SSSR count). The van der Waals surface area contributed by atoms with Crippen molar-refractivity contribution in [1.29, 1.82) is 0 Å². The highest BCUT2D eigenvalue weighted by Crippen LogP contribution is 2.33. The van der Waals surface area contributed by atoms with E-state index in [4.69, 9.17) is 4.98 Å². The Hall–Kier alpha value is -3.25. The normalized spacial score (nSPS) is 14.1. The van der Waals surface area contributed by atoms with Gasteiger partial charge in [0.15, 0.2) is 0 Å². The topological polar surface area (TPSA) is 61.5 Å². The largest absolute Gasteiger partial charge is 0.392 e.